The number of nitrogens with zero attached hydrogens (tertiary/aromatic N) is 4. The molecule has 2 aromatic heterocycles. The van der Waals surface area contributed by atoms with Crippen molar-refractivity contribution in [3.05, 3.63) is 53.4 Å². The monoisotopic (exact) mass is 325 g/mol. The summed E-state index contributed by atoms with van der Waals surface area (Å²) in [6.45, 7) is 3.45. The van der Waals surface area contributed by atoms with Crippen LogP contribution in [0.2, 0.25) is 0 Å². The van der Waals surface area contributed by atoms with E-state index in [1.807, 2.05) is 25.3 Å². The maximum absolute atomic E-state index is 12.2. The van der Waals surface area contributed by atoms with Gasteiger partial charge in [0, 0.05) is 30.7 Å². The highest BCUT2D eigenvalue weighted by Gasteiger charge is 2.26. The average Bonchev–Trinajstić information content (AvgIpc) is 3.00. The molecule has 0 aromatic carbocycles. The minimum atomic E-state index is -0.0192. The molecule has 3 heterocycles. The number of aromatic nitrogens is 3. The van der Waals surface area contributed by atoms with Crippen LogP contribution in [0.5, 0.6) is 0 Å². The lowest BCUT2D eigenvalue weighted by atomic mass is 10.1. The summed E-state index contributed by atoms with van der Waals surface area (Å²) in [7, 11) is 2.12. The van der Waals surface area contributed by atoms with E-state index in [0.29, 0.717) is 19.0 Å². The predicted octanol–water partition coefficient (Wildman–Crippen LogP) is 1.81. The van der Waals surface area contributed by atoms with E-state index in [1.54, 1.807) is 12.4 Å². The smallest absolute Gasteiger partial charge is 0.224 e. The van der Waals surface area contributed by atoms with Crippen LogP contribution in [-0.2, 0) is 17.8 Å². The number of likely N-dealkylation sites (tertiary alicyclic amines) is 1. The van der Waals surface area contributed by atoms with Crippen LogP contribution in [0.15, 0.2) is 30.7 Å². The van der Waals surface area contributed by atoms with Gasteiger partial charge in [0.25, 0.3) is 0 Å². The quantitative estimate of drug-likeness (QED) is 0.908. The lowest BCUT2D eigenvalue weighted by molar-refractivity contribution is -0.120. The normalized spacial score (nSPS) is 17.8. The van der Waals surface area contributed by atoms with Crippen molar-refractivity contribution in [1.29, 1.82) is 0 Å². The maximum atomic E-state index is 12.2. The van der Waals surface area contributed by atoms with Gasteiger partial charge in [-0.1, -0.05) is 6.07 Å². The van der Waals surface area contributed by atoms with Crippen molar-refractivity contribution >= 4 is 5.91 Å². The number of amides is 1. The van der Waals surface area contributed by atoms with Gasteiger partial charge in [0.1, 0.15) is 5.82 Å². The van der Waals surface area contributed by atoms with Gasteiger partial charge in [0.05, 0.1) is 18.2 Å². The fourth-order valence-corrected chi connectivity index (χ4v) is 3.14. The fourth-order valence-electron chi connectivity index (χ4n) is 3.14. The Balaban J connectivity index is 1.67. The summed E-state index contributed by atoms with van der Waals surface area (Å²) in [5.41, 5.74) is 2.95. The molecule has 0 unspecified atom stereocenters. The second kappa shape index (κ2) is 7.49. The topological polar surface area (TPSA) is 71.0 Å². The molecule has 1 aliphatic heterocycles. The van der Waals surface area contributed by atoms with E-state index in [0.717, 1.165) is 35.6 Å². The Kier molecular flexibility index (Phi) is 5.15. The van der Waals surface area contributed by atoms with Gasteiger partial charge in [-0.15, -0.1) is 0 Å². The van der Waals surface area contributed by atoms with E-state index >= 15 is 0 Å². The van der Waals surface area contributed by atoms with Crippen LogP contribution < -0.4 is 5.32 Å². The highest BCUT2D eigenvalue weighted by atomic mass is 16.1. The molecule has 126 valence electrons. The first kappa shape index (κ1) is 16.5. The molecule has 3 rings (SSSR count). The van der Waals surface area contributed by atoms with Gasteiger partial charge < -0.3 is 5.32 Å². The molecule has 6 heteroatoms. The molecule has 1 fully saturated rings. The molecule has 24 heavy (non-hydrogen) atoms. The highest BCUT2D eigenvalue weighted by molar-refractivity contribution is 5.78. The Morgan fingerprint density at radius 1 is 1.42 bits per heavy atom. The van der Waals surface area contributed by atoms with Crippen LogP contribution in [0, 0.1) is 6.92 Å². The standard InChI is InChI=1S/C18H23N5O/c1-13-20-11-15(18(22-13)16-6-4-8-23(16)2)12-21-17(24)9-14-5-3-7-19-10-14/h3,5,7,10-11,16H,4,6,8-9,12H2,1-2H3,(H,21,24)/t16-/m0/s1. The van der Waals surface area contributed by atoms with Crippen LogP contribution in [-0.4, -0.2) is 39.4 Å². The number of rotatable bonds is 5. The number of carbonyl (C=O) groups excluding carboxylic acids is 1. The van der Waals surface area contributed by atoms with Gasteiger partial charge in [0.15, 0.2) is 0 Å². The molecule has 0 spiro atoms. The SMILES string of the molecule is Cc1ncc(CNC(=O)Cc2cccnc2)c([C@@H]2CCCN2C)n1. The predicted molar refractivity (Wildman–Crippen MR) is 91.2 cm³/mol. The molecule has 1 N–H and O–H groups in total. The summed E-state index contributed by atoms with van der Waals surface area (Å²) >= 11 is 0. The summed E-state index contributed by atoms with van der Waals surface area (Å²) in [4.78, 5) is 27.5. The van der Waals surface area contributed by atoms with Crippen LogP contribution in [0.25, 0.3) is 0 Å². The number of nitrogens with one attached hydrogen (secondary N) is 1. The molecule has 2 aromatic rings. The second-order valence-electron chi connectivity index (χ2n) is 6.28. The number of pyridine rings is 1. The number of hydrogen-bond donors (Lipinski definition) is 1. The van der Waals surface area contributed by atoms with Gasteiger partial charge in [0.2, 0.25) is 5.91 Å². The van der Waals surface area contributed by atoms with Crippen molar-refractivity contribution in [3.8, 4) is 0 Å². The minimum absolute atomic E-state index is 0.0192. The van der Waals surface area contributed by atoms with Crippen LogP contribution in [0.4, 0.5) is 0 Å². The molecular weight excluding hydrogens is 302 g/mol. The molecule has 1 amide bonds. The minimum Gasteiger partial charge on any atom is -0.352 e. The fraction of sp³-hybridized carbons (Fsp3) is 0.444. The lowest BCUT2D eigenvalue weighted by Gasteiger charge is -2.21. The molecule has 0 saturated carbocycles. The summed E-state index contributed by atoms with van der Waals surface area (Å²) in [6, 6.07) is 4.06. The highest BCUT2D eigenvalue weighted by Crippen LogP contribution is 2.30. The molecule has 1 atom stereocenters. The maximum Gasteiger partial charge on any atom is 0.224 e. The van der Waals surface area contributed by atoms with Gasteiger partial charge in [-0.05, 0) is 45.0 Å². The van der Waals surface area contributed by atoms with E-state index in [1.165, 1.54) is 6.42 Å². The summed E-state index contributed by atoms with van der Waals surface area (Å²) < 4.78 is 0. The Morgan fingerprint density at radius 3 is 3.00 bits per heavy atom. The summed E-state index contributed by atoms with van der Waals surface area (Å²) in [5, 5.41) is 2.98. The molecule has 1 saturated heterocycles. The van der Waals surface area contributed by atoms with Gasteiger partial charge in [-0.25, -0.2) is 9.97 Å². The Hall–Kier alpha value is -2.34. The molecule has 0 bridgehead atoms. The Morgan fingerprint density at radius 2 is 2.29 bits per heavy atom. The molecule has 0 aliphatic carbocycles. The van der Waals surface area contributed by atoms with Crippen LogP contribution in [0.3, 0.4) is 0 Å². The van der Waals surface area contributed by atoms with Gasteiger partial charge >= 0.3 is 0 Å². The third-order valence-electron chi connectivity index (χ3n) is 4.42. The lowest BCUT2D eigenvalue weighted by Crippen LogP contribution is -2.27. The number of hydrogen-bond acceptors (Lipinski definition) is 5. The second-order valence-corrected chi connectivity index (χ2v) is 6.28. The van der Waals surface area contributed by atoms with E-state index < -0.39 is 0 Å². The largest absolute Gasteiger partial charge is 0.352 e. The number of carbonyl (C=O) groups is 1. The zero-order chi connectivity index (χ0) is 16.9. The van der Waals surface area contributed by atoms with Crippen molar-refractivity contribution in [1.82, 2.24) is 25.2 Å². The molecule has 6 nitrogen and oxygen atoms in total. The van der Waals surface area contributed by atoms with E-state index in [2.05, 4.69) is 32.2 Å². The van der Waals surface area contributed by atoms with Crippen molar-refractivity contribution in [2.75, 3.05) is 13.6 Å². The van der Waals surface area contributed by atoms with Crippen LogP contribution in [0.1, 0.15) is 41.5 Å². The van der Waals surface area contributed by atoms with E-state index in [9.17, 15) is 4.79 Å². The van der Waals surface area contributed by atoms with Crippen LogP contribution >= 0.6 is 0 Å². The average molecular weight is 325 g/mol. The zero-order valence-electron chi connectivity index (χ0n) is 14.2. The van der Waals surface area contributed by atoms with Crippen molar-refractivity contribution < 1.29 is 4.79 Å². The third-order valence-corrected chi connectivity index (χ3v) is 4.42. The van der Waals surface area contributed by atoms with Gasteiger partial charge in [-0.3, -0.25) is 14.7 Å². The Labute approximate surface area is 142 Å². The molecular formula is C18H23N5O. The zero-order valence-corrected chi connectivity index (χ0v) is 14.2. The van der Waals surface area contributed by atoms with Crippen molar-refractivity contribution in [2.24, 2.45) is 0 Å². The first-order chi connectivity index (χ1) is 11.6. The Bertz CT molecular complexity index is 704. The van der Waals surface area contributed by atoms with Gasteiger partial charge in [-0.2, -0.15) is 0 Å². The van der Waals surface area contributed by atoms with E-state index in [4.69, 9.17) is 0 Å². The first-order valence-corrected chi connectivity index (χ1v) is 8.32. The van der Waals surface area contributed by atoms with E-state index in [-0.39, 0.29) is 5.91 Å². The van der Waals surface area contributed by atoms with Crippen molar-refractivity contribution in [3.63, 3.8) is 0 Å². The molecule has 0 radical (unpaired) electrons. The number of aryl methyl sites for hydroxylation is 1. The van der Waals surface area contributed by atoms with Crippen molar-refractivity contribution in [2.45, 2.75) is 38.8 Å². The summed E-state index contributed by atoms with van der Waals surface area (Å²) in [6.07, 6.45) is 7.87. The molecule has 1 aliphatic rings. The summed E-state index contributed by atoms with van der Waals surface area (Å²) in [5.74, 6) is 0.755. The first-order valence-electron chi connectivity index (χ1n) is 8.32. The third kappa shape index (κ3) is 3.94.